The van der Waals surface area contributed by atoms with Crippen molar-refractivity contribution in [3.8, 4) is 6.07 Å². The van der Waals surface area contributed by atoms with E-state index in [1.54, 1.807) is 0 Å². The van der Waals surface area contributed by atoms with Crippen LogP contribution in [-0.2, 0) is 29.5 Å². The van der Waals surface area contributed by atoms with E-state index in [0.717, 1.165) is 59.3 Å². The predicted molar refractivity (Wildman–Crippen MR) is 173 cm³/mol. The molecule has 264 valence electrons. The summed E-state index contributed by atoms with van der Waals surface area (Å²) in [7, 11) is -5.35. The third-order valence-electron chi connectivity index (χ3n) is 9.26. The zero-order chi connectivity index (χ0) is 35.1. The molecule has 10 nitrogen and oxygen atoms in total. The minimum Gasteiger partial charge on any atom is -0.367 e. The maximum absolute atomic E-state index is 12.9. The molecule has 0 spiro atoms. The largest absolute Gasteiger partial charge is 0.511 e. The van der Waals surface area contributed by atoms with Gasteiger partial charge >= 0.3 is 21.7 Å². The van der Waals surface area contributed by atoms with E-state index in [1.807, 2.05) is 34.6 Å². The van der Waals surface area contributed by atoms with Crippen molar-refractivity contribution in [3.63, 3.8) is 0 Å². The fraction of sp³-hybridized carbons (Fsp3) is 0.516. The summed E-state index contributed by atoms with van der Waals surface area (Å²) in [5.74, 6) is 0.545. The fourth-order valence-electron chi connectivity index (χ4n) is 6.58. The van der Waals surface area contributed by atoms with Gasteiger partial charge in [0.25, 0.3) is 0 Å². The van der Waals surface area contributed by atoms with Crippen LogP contribution in [0.1, 0.15) is 34.5 Å². The summed E-state index contributed by atoms with van der Waals surface area (Å²) < 4.78 is 103. The first-order chi connectivity index (χ1) is 23.1. The summed E-state index contributed by atoms with van der Waals surface area (Å²) in [6, 6.07) is 9.75. The van der Waals surface area contributed by atoms with E-state index in [0.29, 0.717) is 45.7 Å². The second kappa shape index (κ2) is 13.7. The highest BCUT2D eigenvalue weighted by Crippen LogP contribution is 2.34. The van der Waals surface area contributed by atoms with Crippen molar-refractivity contribution in [2.24, 2.45) is 0 Å². The molecule has 0 atom stereocenters. The van der Waals surface area contributed by atoms with E-state index < -0.39 is 28.1 Å². The molecule has 0 bridgehead atoms. The second-order valence-corrected chi connectivity index (χ2v) is 15.5. The number of benzene rings is 1. The van der Waals surface area contributed by atoms with Gasteiger partial charge in [0.05, 0.1) is 11.8 Å². The third-order valence-corrected chi connectivity index (χ3v) is 11.9. The average molecular weight is 729 g/mol. The van der Waals surface area contributed by atoms with Gasteiger partial charge in [-0.25, -0.2) is 18.4 Å². The Morgan fingerprint density at radius 2 is 1.67 bits per heavy atom. The summed E-state index contributed by atoms with van der Waals surface area (Å²) in [5.41, 5.74) is -1.80. The molecule has 2 aliphatic rings. The molecule has 2 saturated heterocycles. The van der Waals surface area contributed by atoms with Gasteiger partial charge in [0.1, 0.15) is 28.7 Å². The lowest BCUT2D eigenvalue weighted by atomic mass is 10.0. The van der Waals surface area contributed by atoms with Crippen LogP contribution in [0.2, 0.25) is 0 Å². The topological polar surface area (TPSA) is 110 Å². The number of piperidine rings is 1. The first kappa shape index (κ1) is 35.3. The smallest absolute Gasteiger partial charge is 0.367 e. The molecule has 5 heterocycles. The Balaban J connectivity index is 1.05. The van der Waals surface area contributed by atoms with Crippen LogP contribution in [0.15, 0.2) is 30.6 Å². The molecule has 49 heavy (non-hydrogen) atoms. The fourth-order valence-corrected chi connectivity index (χ4v) is 8.55. The Hall–Kier alpha value is -3.50. The first-order valence-corrected chi connectivity index (χ1v) is 18.0. The molecule has 2 aliphatic heterocycles. The lowest BCUT2D eigenvalue weighted by Gasteiger charge is -2.34. The van der Waals surface area contributed by atoms with Crippen molar-refractivity contribution in [3.05, 3.63) is 52.3 Å². The average Bonchev–Trinajstić information content (AvgIpc) is 3.62. The standard InChI is InChI=1S/C31H34F6N8O2S2/c1-20-21(18-43-6-4-22(5-7-43)41-28-26-15-24(16-30(32,33)34)48-29(26)40-19-39-28)2-3-27-25(20)14-23(17-38)45(27)13-10-42-8-11-44(12-9-42)49(46,47)31(35,36)37/h2-3,14-15,19,22H,4-13,16,18H2,1H3,(H,39,40,41). The molecular formula is C31H34F6N8O2S2. The number of aromatic nitrogens is 3. The van der Waals surface area contributed by atoms with Gasteiger partial charge in [-0.2, -0.15) is 35.9 Å². The summed E-state index contributed by atoms with van der Waals surface area (Å²) in [6.07, 6.45) is -2.28. The summed E-state index contributed by atoms with van der Waals surface area (Å²) in [6.45, 7) is 5.01. The van der Waals surface area contributed by atoms with Gasteiger partial charge in [-0.05, 0) is 49.1 Å². The number of aryl methyl sites for hydroxylation is 1. The molecule has 1 aromatic carbocycles. The highest BCUT2D eigenvalue weighted by molar-refractivity contribution is 7.90. The number of sulfonamides is 1. The monoisotopic (exact) mass is 728 g/mol. The number of likely N-dealkylation sites (tertiary alicyclic amines) is 1. The number of alkyl halides is 6. The van der Waals surface area contributed by atoms with Crippen LogP contribution >= 0.6 is 11.3 Å². The van der Waals surface area contributed by atoms with Gasteiger partial charge in [0, 0.05) is 80.7 Å². The Bertz CT molecular complexity index is 1970. The number of fused-ring (bicyclic) bond motifs is 2. The SMILES string of the molecule is Cc1c(CN2CCC(Nc3ncnc4sc(CC(F)(F)F)cc34)CC2)ccc2c1cc(C#N)n2CCN1CCN(S(=O)(=O)C(F)(F)F)CC1. The van der Waals surface area contributed by atoms with Crippen LogP contribution in [0.3, 0.4) is 0 Å². The van der Waals surface area contributed by atoms with Crippen LogP contribution in [0.25, 0.3) is 21.1 Å². The third kappa shape index (κ3) is 7.65. The van der Waals surface area contributed by atoms with Crippen molar-refractivity contribution in [2.45, 2.75) is 57.0 Å². The summed E-state index contributed by atoms with van der Waals surface area (Å²) in [4.78, 5) is 13.4. The molecule has 3 aromatic heterocycles. The molecule has 6 rings (SSSR count). The van der Waals surface area contributed by atoms with E-state index in [2.05, 4.69) is 26.3 Å². The Morgan fingerprint density at radius 1 is 0.959 bits per heavy atom. The number of nitriles is 1. The first-order valence-electron chi connectivity index (χ1n) is 15.7. The normalized spacial score (nSPS) is 18.0. The van der Waals surface area contributed by atoms with E-state index in [1.165, 1.54) is 12.4 Å². The quantitative estimate of drug-likeness (QED) is 0.226. The van der Waals surface area contributed by atoms with Crippen molar-refractivity contribution < 1.29 is 34.8 Å². The number of nitrogens with one attached hydrogen (secondary N) is 1. The molecule has 18 heteroatoms. The van der Waals surface area contributed by atoms with Gasteiger partial charge in [-0.15, -0.1) is 11.3 Å². The molecule has 2 fully saturated rings. The van der Waals surface area contributed by atoms with Crippen LogP contribution in [0, 0.1) is 18.3 Å². The minimum absolute atomic E-state index is 0.105. The van der Waals surface area contributed by atoms with Gasteiger partial charge in [-0.3, -0.25) is 9.80 Å². The molecule has 0 aliphatic carbocycles. The number of thiophene rings is 1. The Morgan fingerprint density at radius 3 is 2.33 bits per heavy atom. The highest BCUT2D eigenvalue weighted by atomic mass is 32.2. The van der Waals surface area contributed by atoms with Crippen molar-refractivity contribution in [1.82, 2.24) is 28.6 Å². The number of nitrogens with zero attached hydrogens (tertiary/aromatic N) is 7. The summed E-state index contributed by atoms with van der Waals surface area (Å²) in [5, 5.41) is 14.8. The van der Waals surface area contributed by atoms with Crippen LogP contribution in [0.4, 0.5) is 32.2 Å². The second-order valence-electron chi connectivity index (χ2n) is 12.4. The number of hydrogen-bond acceptors (Lipinski definition) is 9. The predicted octanol–water partition coefficient (Wildman–Crippen LogP) is 5.47. The van der Waals surface area contributed by atoms with Crippen LogP contribution in [-0.4, -0.2) is 101 Å². The number of halogens is 6. The van der Waals surface area contributed by atoms with E-state index >= 15 is 0 Å². The zero-order valence-electron chi connectivity index (χ0n) is 26.5. The Kier molecular flexibility index (Phi) is 9.85. The molecule has 1 N–H and O–H groups in total. The number of anilines is 1. The molecule has 0 unspecified atom stereocenters. The lowest BCUT2D eigenvalue weighted by molar-refractivity contribution is -0.126. The van der Waals surface area contributed by atoms with Gasteiger partial charge < -0.3 is 9.88 Å². The van der Waals surface area contributed by atoms with Crippen LogP contribution in [0.5, 0.6) is 0 Å². The molecule has 4 aromatic rings. The number of piperazine rings is 1. The molecule has 0 radical (unpaired) electrons. The van der Waals surface area contributed by atoms with Gasteiger partial charge in [0.2, 0.25) is 0 Å². The van der Waals surface area contributed by atoms with Crippen molar-refractivity contribution >= 4 is 48.3 Å². The van der Waals surface area contributed by atoms with E-state index in [4.69, 9.17) is 0 Å². The lowest BCUT2D eigenvalue weighted by Crippen LogP contribution is -2.52. The van der Waals surface area contributed by atoms with Gasteiger partial charge in [-0.1, -0.05) is 6.07 Å². The zero-order valence-corrected chi connectivity index (χ0v) is 28.1. The van der Waals surface area contributed by atoms with Crippen molar-refractivity contribution in [2.75, 3.05) is 51.1 Å². The summed E-state index contributed by atoms with van der Waals surface area (Å²) >= 11 is 1.03. The maximum atomic E-state index is 12.9. The van der Waals surface area contributed by atoms with E-state index in [-0.39, 0.29) is 37.1 Å². The number of rotatable bonds is 9. The van der Waals surface area contributed by atoms with Gasteiger partial charge in [0.15, 0.2) is 0 Å². The molecular weight excluding hydrogens is 695 g/mol. The minimum atomic E-state index is -5.35. The highest BCUT2D eigenvalue weighted by Gasteiger charge is 2.50. The molecule has 0 amide bonds. The van der Waals surface area contributed by atoms with E-state index in [9.17, 15) is 40.0 Å². The number of hydrogen-bond donors (Lipinski definition) is 1. The Labute approximate surface area is 283 Å². The van der Waals surface area contributed by atoms with Crippen LogP contribution < -0.4 is 5.32 Å². The molecule has 0 saturated carbocycles. The maximum Gasteiger partial charge on any atom is 0.511 e. The van der Waals surface area contributed by atoms with Crippen molar-refractivity contribution in [1.29, 1.82) is 5.26 Å².